The molecule has 0 saturated heterocycles. The lowest BCUT2D eigenvalue weighted by atomic mass is 10.1. The van der Waals surface area contributed by atoms with Gasteiger partial charge in [-0.15, -0.1) is 0 Å². The van der Waals surface area contributed by atoms with Crippen LogP contribution in [-0.2, 0) is 4.43 Å². The van der Waals surface area contributed by atoms with Crippen LogP contribution >= 0.6 is 11.8 Å². The van der Waals surface area contributed by atoms with E-state index < -0.39 is 8.32 Å². The van der Waals surface area contributed by atoms with Crippen LogP contribution in [0.4, 0.5) is 0 Å². The fraction of sp³-hybridized carbons (Fsp3) is 0.556. The summed E-state index contributed by atoms with van der Waals surface area (Å²) >= 11 is 2.13. The van der Waals surface area contributed by atoms with E-state index in [0.717, 1.165) is 18.9 Å². The summed E-state index contributed by atoms with van der Waals surface area (Å²) in [6.45, 7) is 12.6. The maximum absolute atomic E-state index is 7.01. The number of rotatable bonds is 13. The van der Waals surface area contributed by atoms with Gasteiger partial charge in [-0.1, -0.05) is 108 Å². The lowest BCUT2D eigenvalue weighted by Gasteiger charge is -2.43. The van der Waals surface area contributed by atoms with Crippen molar-refractivity contribution in [1.29, 1.82) is 0 Å². The molecule has 0 radical (unpaired) electrons. The molecule has 0 aliphatic rings. The molecule has 0 saturated carbocycles. The molecular weight excluding hydrogens is 400 g/mol. The summed E-state index contributed by atoms with van der Waals surface area (Å²) in [6.07, 6.45) is 6.44. The highest BCUT2D eigenvalue weighted by molar-refractivity contribution is 7.99. The van der Waals surface area contributed by atoms with E-state index in [0.29, 0.717) is 0 Å². The topological polar surface area (TPSA) is 9.23 Å². The van der Waals surface area contributed by atoms with Gasteiger partial charge in [0.15, 0.2) is 0 Å². The average Bonchev–Trinajstić information content (AvgIpc) is 2.74. The van der Waals surface area contributed by atoms with Crippen molar-refractivity contribution < 1.29 is 4.43 Å². The summed E-state index contributed by atoms with van der Waals surface area (Å²) in [5, 5.41) is 2.82. The van der Waals surface area contributed by atoms with E-state index in [4.69, 9.17) is 4.43 Å². The van der Waals surface area contributed by atoms with Gasteiger partial charge >= 0.3 is 0 Å². The molecule has 0 heterocycles. The average molecular weight is 443 g/mol. The zero-order valence-electron chi connectivity index (χ0n) is 19.8. The second kappa shape index (κ2) is 12.7. The third-order valence-electron chi connectivity index (χ3n) is 5.87. The van der Waals surface area contributed by atoms with Crippen molar-refractivity contribution in [2.24, 2.45) is 5.92 Å². The molecule has 2 aromatic carbocycles. The van der Waals surface area contributed by atoms with Crippen molar-refractivity contribution in [2.45, 2.75) is 71.8 Å². The summed E-state index contributed by atoms with van der Waals surface area (Å²) in [5.41, 5.74) is 0. The molecule has 0 amide bonds. The van der Waals surface area contributed by atoms with E-state index in [9.17, 15) is 0 Å². The van der Waals surface area contributed by atoms with Crippen molar-refractivity contribution in [3.63, 3.8) is 0 Å². The molecule has 0 spiro atoms. The summed E-state index contributed by atoms with van der Waals surface area (Å²) in [4.78, 5) is 0. The SMILES string of the molecule is CCCCCSCC(C)CCCO[Si](c1ccccc1)(c1ccccc1)C(C)(C)C. The van der Waals surface area contributed by atoms with Crippen LogP contribution < -0.4 is 10.4 Å². The predicted molar refractivity (Wildman–Crippen MR) is 139 cm³/mol. The van der Waals surface area contributed by atoms with Gasteiger partial charge in [-0.25, -0.2) is 0 Å². The number of benzene rings is 2. The molecule has 2 rings (SSSR count). The highest BCUT2D eigenvalue weighted by atomic mass is 32.2. The standard InChI is InChI=1S/C27H42OSSi/c1-6-7-14-22-29-23-24(2)16-15-21-28-30(27(3,4)5,25-17-10-8-11-18-25)26-19-12-9-13-20-26/h8-13,17-20,24H,6-7,14-16,21-23H2,1-5H3. The molecule has 0 bridgehead atoms. The fourth-order valence-corrected chi connectivity index (χ4v) is 9.99. The number of thioether (sulfide) groups is 1. The van der Waals surface area contributed by atoms with Gasteiger partial charge in [0.2, 0.25) is 0 Å². The maximum Gasteiger partial charge on any atom is 0.261 e. The molecule has 166 valence electrons. The highest BCUT2D eigenvalue weighted by Crippen LogP contribution is 2.36. The Bertz CT molecular complexity index is 656. The van der Waals surface area contributed by atoms with Gasteiger partial charge in [-0.3, -0.25) is 0 Å². The lowest BCUT2D eigenvalue weighted by molar-refractivity contribution is 0.281. The minimum absolute atomic E-state index is 0.0659. The van der Waals surface area contributed by atoms with Crippen LogP contribution in [0.1, 0.15) is 66.7 Å². The molecular formula is C27H42OSSi. The monoisotopic (exact) mass is 442 g/mol. The Balaban J connectivity index is 2.05. The molecule has 1 atom stereocenters. The first-order valence-electron chi connectivity index (χ1n) is 11.7. The second-order valence-electron chi connectivity index (χ2n) is 9.54. The first kappa shape index (κ1) is 25.2. The van der Waals surface area contributed by atoms with Gasteiger partial charge in [0.1, 0.15) is 0 Å². The normalized spacial score (nSPS) is 13.4. The Kier molecular flexibility index (Phi) is 10.7. The Morgan fingerprint density at radius 1 is 0.867 bits per heavy atom. The van der Waals surface area contributed by atoms with E-state index in [-0.39, 0.29) is 5.04 Å². The molecule has 0 aliphatic heterocycles. The van der Waals surface area contributed by atoms with Crippen LogP contribution in [-0.4, -0.2) is 26.4 Å². The quantitative estimate of drug-likeness (QED) is 0.246. The first-order chi connectivity index (χ1) is 14.4. The van der Waals surface area contributed by atoms with Crippen LogP contribution in [0.5, 0.6) is 0 Å². The minimum atomic E-state index is -2.37. The van der Waals surface area contributed by atoms with Gasteiger partial charge in [-0.05, 0) is 52.1 Å². The molecule has 30 heavy (non-hydrogen) atoms. The molecule has 1 nitrogen and oxygen atoms in total. The Morgan fingerprint density at radius 3 is 1.93 bits per heavy atom. The fourth-order valence-electron chi connectivity index (χ4n) is 4.24. The lowest BCUT2D eigenvalue weighted by Crippen LogP contribution is -2.66. The van der Waals surface area contributed by atoms with E-state index in [1.54, 1.807) is 0 Å². The van der Waals surface area contributed by atoms with Crippen LogP contribution in [0.15, 0.2) is 60.7 Å². The van der Waals surface area contributed by atoms with Gasteiger partial charge in [0, 0.05) is 6.61 Å². The molecule has 0 aliphatic carbocycles. The second-order valence-corrected chi connectivity index (χ2v) is 15.0. The molecule has 0 fully saturated rings. The van der Waals surface area contributed by atoms with Crippen molar-refractivity contribution in [2.75, 3.05) is 18.1 Å². The van der Waals surface area contributed by atoms with E-state index in [2.05, 4.69) is 107 Å². The van der Waals surface area contributed by atoms with Crippen LogP contribution in [0.3, 0.4) is 0 Å². The predicted octanol–water partition coefficient (Wildman–Crippen LogP) is 6.90. The zero-order chi connectivity index (χ0) is 21.9. The summed E-state index contributed by atoms with van der Waals surface area (Å²) in [5.74, 6) is 3.36. The molecule has 1 unspecified atom stereocenters. The molecule has 0 aromatic heterocycles. The van der Waals surface area contributed by atoms with Crippen molar-refractivity contribution >= 4 is 30.5 Å². The Labute approximate surface area is 191 Å². The third-order valence-corrected chi connectivity index (χ3v) is 12.3. The molecule has 2 aromatic rings. The van der Waals surface area contributed by atoms with E-state index >= 15 is 0 Å². The van der Waals surface area contributed by atoms with Gasteiger partial charge < -0.3 is 4.43 Å². The van der Waals surface area contributed by atoms with Crippen molar-refractivity contribution in [3.8, 4) is 0 Å². The molecule has 3 heteroatoms. The highest BCUT2D eigenvalue weighted by Gasteiger charge is 2.49. The van der Waals surface area contributed by atoms with Crippen LogP contribution in [0.25, 0.3) is 0 Å². The summed E-state index contributed by atoms with van der Waals surface area (Å²) in [7, 11) is -2.37. The van der Waals surface area contributed by atoms with Crippen LogP contribution in [0.2, 0.25) is 5.04 Å². The van der Waals surface area contributed by atoms with E-state index in [1.807, 2.05) is 0 Å². The Hall–Kier alpha value is -1.03. The number of hydrogen-bond donors (Lipinski definition) is 0. The summed E-state index contributed by atoms with van der Waals surface area (Å²) < 4.78 is 7.01. The summed E-state index contributed by atoms with van der Waals surface area (Å²) in [6, 6.07) is 22.0. The van der Waals surface area contributed by atoms with Crippen LogP contribution in [0, 0.1) is 5.92 Å². The number of hydrogen-bond acceptors (Lipinski definition) is 2. The number of unbranched alkanes of at least 4 members (excludes halogenated alkanes) is 2. The van der Waals surface area contributed by atoms with Crippen molar-refractivity contribution in [3.05, 3.63) is 60.7 Å². The smallest absolute Gasteiger partial charge is 0.261 e. The van der Waals surface area contributed by atoms with E-state index in [1.165, 1.54) is 47.6 Å². The molecule has 0 N–H and O–H groups in total. The Morgan fingerprint density at radius 2 is 1.43 bits per heavy atom. The third kappa shape index (κ3) is 7.00. The zero-order valence-corrected chi connectivity index (χ0v) is 21.6. The van der Waals surface area contributed by atoms with Gasteiger partial charge in [-0.2, -0.15) is 11.8 Å². The largest absolute Gasteiger partial charge is 0.407 e. The van der Waals surface area contributed by atoms with Gasteiger partial charge in [0.05, 0.1) is 0 Å². The van der Waals surface area contributed by atoms with Crippen molar-refractivity contribution in [1.82, 2.24) is 0 Å². The van der Waals surface area contributed by atoms with Gasteiger partial charge in [0.25, 0.3) is 8.32 Å². The first-order valence-corrected chi connectivity index (χ1v) is 14.8. The maximum atomic E-state index is 7.01. The minimum Gasteiger partial charge on any atom is -0.407 e.